The van der Waals surface area contributed by atoms with Crippen LogP contribution in [0.1, 0.15) is 0 Å². The molecule has 3 nitrogen and oxygen atoms in total. The average Bonchev–Trinajstić information content (AvgIpc) is 2.60. The minimum absolute atomic E-state index is 0.0874. The predicted octanol–water partition coefficient (Wildman–Crippen LogP) is -0.150. The fraction of sp³-hybridized carbons (Fsp3) is 0.667. The van der Waals surface area contributed by atoms with Crippen molar-refractivity contribution in [2.24, 2.45) is 11.8 Å². The Balaban J connectivity index is 1.98. The first-order valence-electron chi connectivity index (χ1n) is 4.43. The quantitative estimate of drug-likeness (QED) is 0.549. The lowest BCUT2D eigenvalue weighted by Crippen LogP contribution is -2.30. The molecular formula is C9H14N2O. The molecule has 3 heteroatoms. The van der Waals surface area contributed by atoms with E-state index in [-0.39, 0.29) is 5.91 Å². The third-order valence-electron chi connectivity index (χ3n) is 2.88. The largest absolute Gasteiger partial charge is 0.339 e. The van der Waals surface area contributed by atoms with Gasteiger partial charge < -0.3 is 10.2 Å². The molecule has 2 atom stereocenters. The molecule has 2 aliphatic heterocycles. The van der Waals surface area contributed by atoms with Gasteiger partial charge in [0, 0.05) is 26.2 Å². The van der Waals surface area contributed by atoms with Crippen LogP contribution in [-0.2, 0) is 4.79 Å². The highest BCUT2D eigenvalue weighted by Crippen LogP contribution is 2.26. The van der Waals surface area contributed by atoms with Crippen LogP contribution >= 0.6 is 0 Å². The maximum absolute atomic E-state index is 11.2. The summed E-state index contributed by atoms with van der Waals surface area (Å²) in [6.07, 6.45) is 1.41. The van der Waals surface area contributed by atoms with Gasteiger partial charge in [-0.3, -0.25) is 4.79 Å². The molecule has 2 saturated heterocycles. The number of nitrogens with zero attached hydrogens (tertiary/aromatic N) is 1. The van der Waals surface area contributed by atoms with Gasteiger partial charge in [0.25, 0.3) is 0 Å². The van der Waals surface area contributed by atoms with Crippen LogP contribution in [0.25, 0.3) is 0 Å². The highest BCUT2D eigenvalue weighted by Gasteiger charge is 2.37. The minimum Gasteiger partial charge on any atom is -0.339 e. The number of fused-ring (bicyclic) bond motifs is 1. The summed E-state index contributed by atoms with van der Waals surface area (Å²) < 4.78 is 0. The number of likely N-dealkylation sites (tertiary alicyclic amines) is 1. The Morgan fingerprint density at radius 1 is 1.42 bits per heavy atom. The van der Waals surface area contributed by atoms with E-state index in [1.807, 2.05) is 4.90 Å². The molecule has 2 heterocycles. The molecule has 2 unspecified atom stereocenters. The number of carbonyl (C=O) groups is 1. The minimum atomic E-state index is 0.0874. The third kappa shape index (κ3) is 1.14. The molecule has 1 amide bonds. The van der Waals surface area contributed by atoms with Crippen molar-refractivity contribution in [1.29, 1.82) is 0 Å². The molecule has 2 aliphatic rings. The highest BCUT2D eigenvalue weighted by atomic mass is 16.2. The topological polar surface area (TPSA) is 32.3 Å². The van der Waals surface area contributed by atoms with Gasteiger partial charge in [0.15, 0.2) is 0 Å². The highest BCUT2D eigenvalue weighted by molar-refractivity contribution is 5.87. The standard InChI is InChI=1S/C9H14N2O/c1-2-9(12)11-5-7-3-10-4-8(7)6-11/h2,7-8,10H,1,3-6H2. The first-order valence-corrected chi connectivity index (χ1v) is 4.43. The predicted molar refractivity (Wildman–Crippen MR) is 46.6 cm³/mol. The normalized spacial score (nSPS) is 33.5. The molecule has 12 heavy (non-hydrogen) atoms. The van der Waals surface area contributed by atoms with Crippen molar-refractivity contribution < 1.29 is 4.79 Å². The number of nitrogens with one attached hydrogen (secondary N) is 1. The lowest BCUT2D eigenvalue weighted by Gasteiger charge is -2.14. The van der Waals surface area contributed by atoms with Gasteiger partial charge in [0.1, 0.15) is 0 Å². The van der Waals surface area contributed by atoms with Crippen LogP contribution in [0.3, 0.4) is 0 Å². The number of rotatable bonds is 1. The summed E-state index contributed by atoms with van der Waals surface area (Å²) in [7, 11) is 0. The molecule has 0 saturated carbocycles. The van der Waals surface area contributed by atoms with Gasteiger partial charge in [0.05, 0.1) is 0 Å². The fourth-order valence-electron chi connectivity index (χ4n) is 2.16. The summed E-state index contributed by atoms with van der Waals surface area (Å²) in [4.78, 5) is 13.1. The van der Waals surface area contributed by atoms with Crippen molar-refractivity contribution >= 4 is 5.91 Å². The molecule has 0 radical (unpaired) electrons. The summed E-state index contributed by atoms with van der Waals surface area (Å²) in [6, 6.07) is 0. The molecule has 0 spiro atoms. The van der Waals surface area contributed by atoms with E-state index < -0.39 is 0 Å². The maximum atomic E-state index is 11.2. The molecular weight excluding hydrogens is 152 g/mol. The van der Waals surface area contributed by atoms with E-state index in [9.17, 15) is 4.79 Å². The van der Waals surface area contributed by atoms with Crippen molar-refractivity contribution in [3.05, 3.63) is 12.7 Å². The summed E-state index contributed by atoms with van der Waals surface area (Å²) in [5.74, 6) is 1.46. The number of carbonyl (C=O) groups excluding carboxylic acids is 1. The monoisotopic (exact) mass is 166 g/mol. The molecule has 2 rings (SSSR count). The molecule has 66 valence electrons. The second-order valence-electron chi connectivity index (χ2n) is 3.63. The Hall–Kier alpha value is -0.830. The average molecular weight is 166 g/mol. The van der Waals surface area contributed by atoms with Gasteiger partial charge in [-0.05, 0) is 17.9 Å². The van der Waals surface area contributed by atoms with E-state index >= 15 is 0 Å². The van der Waals surface area contributed by atoms with Crippen LogP contribution in [0.2, 0.25) is 0 Å². The van der Waals surface area contributed by atoms with Crippen LogP contribution in [0.15, 0.2) is 12.7 Å². The summed E-state index contributed by atoms with van der Waals surface area (Å²) in [6.45, 7) is 7.48. The zero-order valence-corrected chi connectivity index (χ0v) is 7.12. The van der Waals surface area contributed by atoms with Crippen molar-refractivity contribution in [2.75, 3.05) is 26.2 Å². The summed E-state index contributed by atoms with van der Waals surface area (Å²) in [5.41, 5.74) is 0. The smallest absolute Gasteiger partial charge is 0.245 e. The molecule has 0 aliphatic carbocycles. The van der Waals surface area contributed by atoms with Gasteiger partial charge in [-0.25, -0.2) is 0 Å². The van der Waals surface area contributed by atoms with Gasteiger partial charge in [-0.2, -0.15) is 0 Å². The zero-order valence-electron chi connectivity index (χ0n) is 7.12. The van der Waals surface area contributed by atoms with Crippen molar-refractivity contribution in [1.82, 2.24) is 10.2 Å². The summed E-state index contributed by atoms with van der Waals surface area (Å²) >= 11 is 0. The van der Waals surface area contributed by atoms with E-state index in [2.05, 4.69) is 11.9 Å². The molecule has 0 bridgehead atoms. The van der Waals surface area contributed by atoms with E-state index in [1.54, 1.807) is 0 Å². The molecule has 0 aromatic carbocycles. The lowest BCUT2D eigenvalue weighted by atomic mass is 10.0. The SMILES string of the molecule is C=CC(=O)N1CC2CNCC2C1. The fourth-order valence-corrected chi connectivity index (χ4v) is 2.16. The number of amides is 1. The van der Waals surface area contributed by atoms with Crippen molar-refractivity contribution in [3.8, 4) is 0 Å². The third-order valence-corrected chi connectivity index (χ3v) is 2.88. The molecule has 1 N–H and O–H groups in total. The lowest BCUT2D eigenvalue weighted by molar-refractivity contribution is -0.125. The van der Waals surface area contributed by atoms with E-state index in [4.69, 9.17) is 0 Å². The van der Waals surface area contributed by atoms with E-state index in [0.717, 1.165) is 26.2 Å². The second kappa shape index (κ2) is 2.90. The van der Waals surface area contributed by atoms with Gasteiger partial charge in [-0.1, -0.05) is 6.58 Å². The first-order chi connectivity index (χ1) is 5.81. The van der Waals surface area contributed by atoms with Crippen LogP contribution < -0.4 is 5.32 Å². The van der Waals surface area contributed by atoms with Gasteiger partial charge in [0.2, 0.25) is 5.91 Å². The van der Waals surface area contributed by atoms with E-state index in [0.29, 0.717) is 11.8 Å². The van der Waals surface area contributed by atoms with E-state index in [1.165, 1.54) is 6.08 Å². The van der Waals surface area contributed by atoms with Crippen molar-refractivity contribution in [3.63, 3.8) is 0 Å². The Bertz CT molecular complexity index is 203. The Morgan fingerprint density at radius 2 is 2.00 bits per heavy atom. The second-order valence-corrected chi connectivity index (χ2v) is 3.63. The number of hydrogen-bond donors (Lipinski definition) is 1. The molecule has 0 aromatic heterocycles. The Kier molecular flexibility index (Phi) is 1.89. The van der Waals surface area contributed by atoms with Crippen LogP contribution in [0, 0.1) is 11.8 Å². The zero-order chi connectivity index (χ0) is 8.55. The Morgan fingerprint density at radius 3 is 2.50 bits per heavy atom. The summed E-state index contributed by atoms with van der Waals surface area (Å²) in [5, 5.41) is 3.34. The van der Waals surface area contributed by atoms with Gasteiger partial charge in [-0.15, -0.1) is 0 Å². The number of hydrogen-bond acceptors (Lipinski definition) is 2. The first kappa shape index (κ1) is 7.80. The van der Waals surface area contributed by atoms with Crippen LogP contribution in [-0.4, -0.2) is 37.0 Å². The van der Waals surface area contributed by atoms with Crippen molar-refractivity contribution in [2.45, 2.75) is 0 Å². The molecule has 0 aromatic rings. The Labute approximate surface area is 72.4 Å². The maximum Gasteiger partial charge on any atom is 0.245 e. The van der Waals surface area contributed by atoms with Crippen LogP contribution in [0.4, 0.5) is 0 Å². The van der Waals surface area contributed by atoms with Crippen LogP contribution in [0.5, 0.6) is 0 Å². The molecule has 2 fully saturated rings. The van der Waals surface area contributed by atoms with Gasteiger partial charge >= 0.3 is 0 Å².